The van der Waals surface area contributed by atoms with Crippen molar-refractivity contribution < 1.29 is 9.90 Å². The number of hydrogen-bond acceptors (Lipinski definition) is 2. The molecule has 1 saturated carbocycles. The molecule has 3 nitrogen and oxygen atoms in total. The van der Waals surface area contributed by atoms with Crippen LogP contribution in [-0.2, 0) is 0 Å². The average Bonchev–Trinajstić information content (AvgIpc) is 2.35. The molecule has 1 aromatic carbocycles. The van der Waals surface area contributed by atoms with E-state index in [0.717, 1.165) is 35.7 Å². The highest BCUT2D eigenvalue weighted by Crippen LogP contribution is 2.23. The fourth-order valence-electron chi connectivity index (χ4n) is 2.35. The zero-order valence-corrected chi connectivity index (χ0v) is 12.0. The zero-order chi connectivity index (χ0) is 13.1. The molecular formula is C14H18BrNO2. The number of nitrogens with one attached hydrogen (secondary N) is 1. The minimum absolute atomic E-state index is 0.112. The van der Waals surface area contributed by atoms with Gasteiger partial charge in [-0.25, -0.2) is 0 Å². The lowest BCUT2D eigenvalue weighted by molar-refractivity contribution is 0.0716. The first kappa shape index (κ1) is 13.6. The molecule has 0 radical (unpaired) electrons. The van der Waals surface area contributed by atoms with Gasteiger partial charge in [0.2, 0.25) is 0 Å². The van der Waals surface area contributed by atoms with Crippen molar-refractivity contribution in [2.24, 2.45) is 0 Å². The lowest BCUT2D eigenvalue weighted by atomic mass is 9.92. The number of rotatable bonds is 2. The van der Waals surface area contributed by atoms with Crippen LogP contribution in [0, 0.1) is 6.92 Å². The predicted molar refractivity (Wildman–Crippen MR) is 74.6 cm³/mol. The van der Waals surface area contributed by atoms with Crippen molar-refractivity contribution in [2.75, 3.05) is 0 Å². The van der Waals surface area contributed by atoms with Crippen molar-refractivity contribution in [3.05, 3.63) is 33.8 Å². The summed E-state index contributed by atoms with van der Waals surface area (Å²) >= 11 is 3.44. The summed E-state index contributed by atoms with van der Waals surface area (Å²) in [6.45, 7) is 1.95. The second-order valence-corrected chi connectivity index (χ2v) is 5.66. The lowest BCUT2D eigenvalue weighted by Crippen LogP contribution is -2.45. The van der Waals surface area contributed by atoms with Gasteiger partial charge >= 0.3 is 0 Å². The Bertz CT molecular complexity index is 447. The Kier molecular flexibility index (Phi) is 4.40. The minimum Gasteiger partial charge on any atom is -0.391 e. The van der Waals surface area contributed by atoms with Crippen LogP contribution in [-0.4, -0.2) is 23.2 Å². The van der Waals surface area contributed by atoms with Gasteiger partial charge in [-0.3, -0.25) is 4.79 Å². The summed E-state index contributed by atoms with van der Waals surface area (Å²) in [7, 11) is 0. The highest BCUT2D eigenvalue weighted by Gasteiger charge is 2.25. The molecule has 1 aliphatic carbocycles. The molecule has 0 spiro atoms. The van der Waals surface area contributed by atoms with Crippen molar-refractivity contribution >= 4 is 21.8 Å². The number of aliphatic hydroxyl groups excluding tert-OH is 1. The zero-order valence-electron chi connectivity index (χ0n) is 10.4. The summed E-state index contributed by atoms with van der Waals surface area (Å²) < 4.78 is 0.827. The SMILES string of the molecule is Cc1cccc(C(=O)N[C@H]2CCCC[C@@H]2O)c1Br. The third-order valence-electron chi connectivity index (χ3n) is 3.48. The summed E-state index contributed by atoms with van der Waals surface area (Å²) in [5, 5.41) is 12.8. The molecule has 1 aliphatic rings. The first-order valence-electron chi connectivity index (χ1n) is 6.33. The van der Waals surface area contributed by atoms with Gasteiger partial charge in [0.1, 0.15) is 0 Å². The van der Waals surface area contributed by atoms with Crippen LogP contribution in [0.25, 0.3) is 0 Å². The topological polar surface area (TPSA) is 49.3 Å². The molecule has 1 amide bonds. The second-order valence-electron chi connectivity index (χ2n) is 4.87. The number of aryl methyl sites for hydroxylation is 1. The monoisotopic (exact) mass is 311 g/mol. The molecule has 0 bridgehead atoms. The second kappa shape index (κ2) is 5.85. The molecule has 1 aromatic rings. The molecule has 2 rings (SSSR count). The van der Waals surface area contributed by atoms with Gasteiger partial charge in [-0.05, 0) is 47.3 Å². The molecule has 18 heavy (non-hydrogen) atoms. The van der Waals surface area contributed by atoms with Crippen molar-refractivity contribution in [3.8, 4) is 0 Å². The predicted octanol–water partition coefficient (Wildman–Crippen LogP) is 2.79. The number of aliphatic hydroxyl groups is 1. The summed E-state index contributed by atoms with van der Waals surface area (Å²) in [4.78, 5) is 12.2. The molecule has 2 N–H and O–H groups in total. The van der Waals surface area contributed by atoms with Crippen LogP contribution in [0.3, 0.4) is 0 Å². The Hall–Kier alpha value is -0.870. The molecule has 0 aromatic heterocycles. The fourth-order valence-corrected chi connectivity index (χ4v) is 2.79. The number of amides is 1. The van der Waals surface area contributed by atoms with Gasteiger partial charge in [-0.15, -0.1) is 0 Å². The van der Waals surface area contributed by atoms with Crippen LogP contribution in [0.15, 0.2) is 22.7 Å². The van der Waals surface area contributed by atoms with Crippen LogP contribution in [0.5, 0.6) is 0 Å². The van der Waals surface area contributed by atoms with Gasteiger partial charge in [0, 0.05) is 4.47 Å². The molecule has 2 atom stereocenters. The van der Waals surface area contributed by atoms with Crippen molar-refractivity contribution in [2.45, 2.75) is 44.8 Å². The van der Waals surface area contributed by atoms with E-state index < -0.39 is 6.10 Å². The van der Waals surface area contributed by atoms with Gasteiger partial charge in [0.15, 0.2) is 0 Å². The maximum Gasteiger partial charge on any atom is 0.252 e. The van der Waals surface area contributed by atoms with Crippen LogP contribution in [0.1, 0.15) is 41.6 Å². The summed E-state index contributed by atoms with van der Waals surface area (Å²) in [5.41, 5.74) is 1.67. The van der Waals surface area contributed by atoms with Gasteiger partial charge in [0.05, 0.1) is 17.7 Å². The van der Waals surface area contributed by atoms with Crippen molar-refractivity contribution in [1.29, 1.82) is 0 Å². The minimum atomic E-state index is -0.411. The van der Waals surface area contributed by atoms with E-state index in [1.165, 1.54) is 0 Å². The first-order valence-corrected chi connectivity index (χ1v) is 7.13. The van der Waals surface area contributed by atoms with E-state index >= 15 is 0 Å². The number of carbonyl (C=O) groups excluding carboxylic acids is 1. The van der Waals surface area contributed by atoms with Crippen molar-refractivity contribution in [3.63, 3.8) is 0 Å². The molecule has 0 aliphatic heterocycles. The summed E-state index contributed by atoms with van der Waals surface area (Å²) in [5.74, 6) is -0.114. The summed E-state index contributed by atoms with van der Waals surface area (Å²) in [6, 6.07) is 5.50. The molecule has 1 fully saturated rings. The summed E-state index contributed by atoms with van der Waals surface area (Å²) in [6.07, 6.45) is 3.33. The molecule has 98 valence electrons. The van der Waals surface area contributed by atoms with E-state index in [0.29, 0.717) is 5.56 Å². The molecule has 4 heteroatoms. The molecule has 0 heterocycles. The average molecular weight is 312 g/mol. The van der Waals surface area contributed by atoms with Crippen LogP contribution in [0.4, 0.5) is 0 Å². The van der Waals surface area contributed by atoms with Gasteiger partial charge in [-0.1, -0.05) is 25.0 Å². The third kappa shape index (κ3) is 2.93. The molecule has 0 unspecified atom stereocenters. The number of benzene rings is 1. The highest BCUT2D eigenvalue weighted by atomic mass is 79.9. The first-order chi connectivity index (χ1) is 8.59. The van der Waals surface area contributed by atoms with E-state index in [-0.39, 0.29) is 11.9 Å². The van der Waals surface area contributed by atoms with E-state index in [1.54, 1.807) is 6.07 Å². The smallest absolute Gasteiger partial charge is 0.252 e. The maximum atomic E-state index is 12.2. The van der Waals surface area contributed by atoms with E-state index in [1.807, 2.05) is 19.1 Å². The normalized spacial score (nSPS) is 23.7. The van der Waals surface area contributed by atoms with Crippen LogP contribution in [0.2, 0.25) is 0 Å². The van der Waals surface area contributed by atoms with Gasteiger partial charge in [-0.2, -0.15) is 0 Å². The fraction of sp³-hybridized carbons (Fsp3) is 0.500. The van der Waals surface area contributed by atoms with E-state index in [2.05, 4.69) is 21.2 Å². The Morgan fingerprint density at radius 1 is 1.39 bits per heavy atom. The Labute approximate surface area is 116 Å². The van der Waals surface area contributed by atoms with Crippen LogP contribution < -0.4 is 5.32 Å². The molecule has 0 saturated heterocycles. The van der Waals surface area contributed by atoms with E-state index in [9.17, 15) is 9.90 Å². The standard InChI is InChI=1S/C14H18BrNO2/c1-9-5-4-6-10(13(9)15)14(18)16-11-7-2-3-8-12(11)17/h4-6,11-12,17H,2-3,7-8H2,1H3,(H,16,18)/t11-,12-/m0/s1. The van der Waals surface area contributed by atoms with Crippen molar-refractivity contribution in [1.82, 2.24) is 5.32 Å². The quantitative estimate of drug-likeness (QED) is 0.882. The molecular weight excluding hydrogens is 294 g/mol. The lowest BCUT2D eigenvalue weighted by Gasteiger charge is -2.28. The third-order valence-corrected chi connectivity index (χ3v) is 4.53. The maximum absolute atomic E-state index is 12.2. The van der Waals surface area contributed by atoms with Crippen LogP contribution >= 0.6 is 15.9 Å². The highest BCUT2D eigenvalue weighted by molar-refractivity contribution is 9.10. The Morgan fingerprint density at radius 3 is 2.83 bits per heavy atom. The van der Waals surface area contributed by atoms with Gasteiger partial charge in [0.25, 0.3) is 5.91 Å². The largest absolute Gasteiger partial charge is 0.391 e. The number of halogens is 1. The Balaban J connectivity index is 2.09. The Morgan fingerprint density at radius 2 is 2.11 bits per heavy atom. The van der Waals surface area contributed by atoms with Gasteiger partial charge < -0.3 is 10.4 Å². The number of carbonyl (C=O) groups is 1. The van der Waals surface area contributed by atoms with E-state index in [4.69, 9.17) is 0 Å². The number of hydrogen-bond donors (Lipinski definition) is 2.